The first-order chi connectivity index (χ1) is 34.2. The average Bonchev–Trinajstić information content (AvgIpc) is 3.38. The molecule has 0 saturated carbocycles. The number of hydrogen-bond acceptors (Lipinski definition) is 9. The van der Waals surface area contributed by atoms with Crippen LogP contribution in [0, 0.1) is 0 Å². The van der Waals surface area contributed by atoms with Crippen LogP contribution in [0.4, 0.5) is 0 Å². The molecule has 0 fully saturated rings. The van der Waals surface area contributed by atoms with E-state index < -0.39 is 0 Å². The van der Waals surface area contributed by atoms with Crippen molar-refractivity contribution in [2.45, 2.75) is 103 Å². The Kier molecular flexibility index (Phi) is 22.2. The Balaban J connectivity index is 0.808. The predicted octanol–water partition coefficient (Wildman–Crippen LogP) is 12.7. The van der Waals surface area contributed by atoms with Gasteiger partial charge in [-0.1, -0.05) is 84.9 Å². The average molecular weight is 932 g/mol. The van der Waals surface area contributed by atoms with Crippen molar-refractivity contribution in [3.63, 3.8) is 0 Å². The van der Waals surface area contributed by atoms with Crippen LogP contribution in [0.2, 0.25) is 0 Å². The number of nitrogens with one attached hydrogen (secondary N) is 3. The van der Waals surface area contributed by atoms with Gasteiger partial charge in [0, 0.05) is 39.3 Å². The van der Waals surface area contributed by atoms with Gasteiger partial charge < -0.3 is 44.4 Å². The van der Waals surface area contributed by atoms with Gasteiger partial charge in [0.25, 0.3) is 0 Å². The van der Waals surface area contributed by atoms with Crippen LogP contribution in [0.3, 0.4) is 0 Å². The number of benzene rings is 6. The van der Waals surface area contributed by atoms with Crippen molar-refractivity contribution >= 4 is 0 Å². The van der Waals surface area contributed by atoms with Crippen molar-refractivity contribution in [1.29, 1.82) is 0 Å². The molecule has 12 bridgehead atoms. The summed E-state index contributed by atoms with van der Waals surface area (Å²) in [4.78, 5) is 0. The first kappa shape index (κ1) is 50.6. The fourth-order valence-electron chi connectivity index (χ4n) is 7.88. The molecule has 0 radical (unpaired) electrons. The number of ether oxygens (including phenoxy) is 6. The lowest BCUT2D eigenvalue weighted by Crippen LogP contribution is -2.12. The van der Waals surface area contributed by atoms with Crippen LogP contribution in [-0.4, -0.2) is 39.6 Å². The molecule has 0 aromatic heterocycles. The van der Waals surface area contributed by atoms with Crippen LogP contribution < -0.4 is 44.4 Å². The van der Waals surface area contributed by atoms with E-state index in [1.165, 1.54) is 33.4 Å². The van der Waals surface area contributed by atoms with Crippen LogP contribution in [0.5, 0.6) is 34.5 Å². The molecule has 9 heteroatoms. The minimum absolute atomic E-state index is 0.641. The van der Waals surface area contributed by atoms with Crippen LogP contribution in [0.1, 0.15) is 97.6 Å². The lowest BCUT2D eigenvalue weighted by atomic mass is 10.2. The molecule has 7 aliphatic heterocycles. The van der Waals surface area contributed by atoms with Gasteiger partial charge in [-0.05, 0) is 170 Å². The van der Waals surface area contributed by atoms with E-state index in [1.807, 2.05) is 24.3 Å². The Hall–Kier alpha value is -6.26. The summed E-state index contributed by atoms with van der Waals surface area (Å²) in [5.74, 6) is 5.46. The quantitative estimate of drug-likeness (QED) is 0.129. The number of hydrogen-bond donors (Lipinski definition) is 3. The minimum Gasteiger partial charge on any atom is -0.494 e. The summed E-state index contributed by atoms with van der Waals surface area (Å²) < 4.78 is 36.1. The highest BCUT2D eigenvalue weighted by atomic mass is 16.5. The van der Waals surface area contributed by atoms with Crippen molar-refractivity contribution in [3.8, 4) is 34.5 Å². The molecule has 0 spiro atoms. The first-order valence-electron chi connectivity index (χ1n) is 25.3. The third-order valence-corrected chi connectivity index (χ3v) is 11.9. The molecule has 0 unspecified atom stereocenters. The van der Waals surface area contributed by atoms with Gasteiger partial charge in [0.2, 0.25) is 0 Å². The topological polar surface area (TPSA) is 91.5 Å². The highest BCUT2D eigenvalue weighted by molar-refractivity contribution is 5.32. The van der Waals surface area contributed by atoms with Gasteiger partial charge in [-0.15, -0.1) is 0 Å². The van der Waals surface area contributed by atoms with Crippen molar-refractivity contribution in [3.05, 3.63) is 191 Å². The van der Waals surface area contributed by atoms with Gasteiger partial charge in [0.15, 0.2) is 0 Å². The van der Waals surface area contributed by atoms with Gasteiger partial charge in [0.1, 0.15) is 34.5 Å². The zero-order valence-corrected chi connectivity index (χ0v) is 40.5. The molecule has 7 aliphatic rings. The molecule has 0 amide bonds. The second kappa shape index (κ2) is 30.3. The summed E-state index contributed by atoms with van der Waals surface area (Å²) in [6.45, 7) is 8.95. The van der Waals surface area contributed by atoms with Crippen LogP contribution in [0.25, 0.3) is 0 Å². The monoisotopic (exact) mass is 932 g/mol. The molecular formula is C60H73N3O6. The van der Waals surface area contributed by atoms with Gasteiger partial charge >= 0.3 is 0 Å². The molecule has 0 aliphatic carbocycles. The molecule has 6 aromatic rings. The highest BCUT2D eigenvalue weighted by Crippen LogP contribution is 2.19. The maximum atomic E-state index is 6.03. The normalized spacial score (nSPS) is 16.5. The number of fused-ring (bicyclic) bond motifs is 6. The molecule has 0 atom stereocenters. The summed E-state index contributed by atoms with van der Waals surface area (Å²) in [7, 11) is 0. The highest BCUT2D eigenvalue weighted by Gasteiger charge is 2.04. The zero-order chi connectivity index (χ0) is 47.2. The van der Waals surface area contributed by atoms with E-state index in [-0.39, 0.29) is 0 Å². The van der Waals surface area contributed by atoms with Crippen molar-refractivity contribution in [2.24, 2.45) is 0 Å². The molecule has 6 aromatic carbocycles. The summed E-state index contributed by atoms with van der Waals surface area (Å²) in [5, 5.41) is 10.7. The predicted molar refractivity (Wildman–Crippen MR) is 279 cm³/mol. The Morgan fingerprint density at radius 3 is 0.609 bits per heavy atom. The lowest BCUT2D eigenvalue weighted by Gasteiger charge is -2.10. The summed E-state index contributed by atoms with van der Waals surface area (Å²) in [6.07, 6.45) is 14.6. The fourth-order valence-corrected chi connectivity index (χ4v) is 7.88. The van der Waals surface area contributed by atoms with Crippen molar-refractivity contribution in [2.75, 3.05) is 39.6 Å². The second-order valence-electron chi connectivity index (χ2n) is 17.6. The molecule has 3 N–H and O–H groups in total. The molecular weight excluding hydrogens is 859 g/mol. The lowest BCUT2D eigenvalue weighted by molar-refractivity contribution is 0.287. The SMILES string of the molecule is C1=CCCOc2ccc(cc2)CNCc2ccc(cc2)OCCCCCCOc2ccc(cc2)CNCc2ccc(cc2)OCCCCCCOc2ccc(cc2)CNCc2ccc(cc2)OCC1. The largest absolute Gasteiger partial charge is 0.494 e. The van der Waals surface area contributed by atoms with E-state index in [0.29, 0.717) is 13.2 Å². The molecule has 9 nitrogen and oxygen atoms in total. The van der Waals surface area contributed by atoms with Crippen LogP contribution in [0.15, 0.2) is 158 Å². The summed E-state index contributed by atoms with van der Waals surface area (Å²) in [5.41, 5.74) is 7.38. The van der Waals surface area contributed by atoms with Crippen molar-refractivity contribution in [1.82, 2.24) is 16.0 Å². The third kappa shape index (κ3) is 20.1. The molecule has 364 valence electrons. The Bertz CT molecular complexity index is 2140. The Morgan fingerprint density at radius 1 is 0.217 bits per heavy atom. The van der Waals surface area contributed by atoms with E-state index in [9.17, 15) is 0 Å². The Labute approximate surface area is 411 Å². The first-order valence-corrected chi connectivity index (χ1v) is 25.3. The second-order valence-corrected chi connectivity index (χ2v) is 17.6. The van der Waals surface area contributed by atoms with Gasteiger partial charge in [0.05, 0.1) is 39.6 Å². The molecule has 13 rings (SSSR count). The standard InChI is InChI=1S/C60H73N3O6/c1-2-8-38-65-56-27-15-50(16-28-56)44-62-46-52-19-31-58(32-20-52)67-40-10-5-6-12-42-69-60-35-23-54(24-36-60)48-63-47-53-21-33-59(34-22-53)68-41-11-4-3-9-39-66-57-29-17-51(18-30-57)45-61-43-49-13-25-55(26-14-49)64-37-7-1/h1-2,13-36,61-63H,3-12,37-48H2. The van der Waals surface area contributed by atoms with E-state index >= 15 is 0 Å². The molecule has 7 heterocycles. The summed E-state index contributed by atoms with van der Waals surface area (Å²) >= 11 is 0. The number of rotatable bonds is 0. The third-order valence-electron chi connectivity index (χ3n) is 11.9. The molecule has 69 heavy (non-hydrogen) atoms. The molecule has 0 saturated heterocycles. The van der Waals surface area contributed by atoms with Gasteiger partial charge in [-0.2, -0.15) is 0 Å². The maximum Gasteiger partial charge on any atom is 0.119 e. The fraction of sp³-hybridized carbons (Fsp3) is 0.367. The van der Waals surface area contributed by atoms with Gasteiger partial charge in [-0.25, -0.2) is 0 Å². The van der Waals surface area contributed by atoms with Crippen molar-refractivity contribution < 1.29 is 28.4 Å². The smallest absolute Gasteiger partial charge is 0.119 e. The minimum atomic E-state index is 0.641. The van der Waals surface area contributed by atoms with Gasteiger partial charge in [-0.3, -0.25) is 0 Å². The maximum absolute atomic E-state index is 6.03. The summed E-state index contributed by atoms with van der Waals surface area (Å²) in [6, 6.07) is 50.4. The van der Waals surface area contributed by atoms with E-state index in [2.05, 4.69) is 149 Å². The zero-order valence-electron chi connectivity index (χ0n) is 40.5. The van der Waals surface area contributed by atoms with E-state index in [0.717, 1.165) is 164 Å². The van der Waals surface area contributed by atoms with Crippen LogP contribution >= 0.6 is 0 Å². The van der Waals surface area contributed by atoms with Crippen LogP contribution in [-0.2, 0) is 39.3 Å². The van der Waals surface area contributed by atoms with E-state index in [1.54, 1.807) is 0 Å². The van der Waals surface area contributed by atoms with E-state index in [4.69, 9.17) is 28.4 Å². The Morgan fingerprint density at radius 2 is 0.406 bits per heavy atom.